The average Bonchev–Trinajstić information content (AvgIpc) is 3.32. The Balaban J connectivity index is 1.84. The molecule has 0 bridgehead atoms. The third kappa shape index (κ3) is 4.49. The van der Waals surface area contributed by atoms with Crippen LogP contribution in [0.15, 0.2) is 61.8 Å². The fourth-order valence-corrected chi connectivity index (χ4v) is 6.51. The van der Waals surface area contributed by atoms with E-state index in [4.69, 9.17) is 9.72 Å². The molecular weight excluding hydrogens is 496 g/mol. The predicted molar refractivity (Wildman–Crippen MR) is 128 cm³/mol. The molecule has 2 aromatic heterocycles. The molecule has 0 amide bonds. The Bertz CT molecular complexity index is 1220. The molecule has 0 atom stereocenters. The van der Waals surface area contributed by atoms with Crippen LogP contribution in [-0.4, -0.2) is 32.0 Å². The lowest BCUT2D eigenvalue weighted by atomic mass is 9.93. The zero-order chi connectivity index (χ0) is 22.2. The summed E-state index contributed by atoms with van der Waals surface area (Å²) >= 11 is 6.67. The highest BCUT2D eigenvalue weighted by atomic mass is 79.9. The number of aromatic hydroxyl groups is 1. The second kappa shape index (κ2) is 8.64. The van der Waals surface area contributed by atoms with Gasteiger partial charge in [-0.2, -0.15) is 0 Å². The maximum absolute atomic E-state index is 10.5. The Morgan fingerprint density at radius 1 is 1.10 bits per heavy atom. The smallest absolute Gasteiger partial charge is 0.203 e. The highest BCUT2D eigenvalue weighted by Gasteiger charge is 2.25. The molecule has 9 heteroatoms. The fraction of sp³-hybridized carbons (Fsp3) is 0.227. The zero-order valence-corrected chi connectivity index (χ0v) is 20.7. The number of nitrogens with zero attached hydrogens (tertiary/aromatic N) is 4. The summed E-state index contributed by atoms with van der Waals surface area (Å²) in [6.45, 7) is 6.41. The number of aromatic nitrogens is 4. The molecule has 4 rings (SSSR count). The Hall–Kier alpha value is -2.36. The van der Waals surface area contributed by atoms with Crippen LogP contribution in [-0.2, 0) is 5.41 Å². The molecular formula is C22H21BrN4O2S2. The molecule has 0 aliphatic carbocycles. The van der Waals surface area contributed by atoms with E-state index in [0.29, 0.717) is 22.3 Å². The second-order valence-corrected chi connectivity index (χ2v) is 11.3. The number of phenols is 1. The van der Waals surface area contributed by atoms with Gasteiger partial charge in [-0.1, -0.05) is 50.3 Å². The van der Waals surface area contributed by atoms with E-state index in [1.54, 1.807) is 36.6 Å². The van der Waals surface area contributed by atoms with Gasteiger partial charge in [0.25, 0.3) is 0 Å². The van der Waals surface area contributed by atoms with Gasteiger partial charge in [-0.15, -0.1) is 10.2 Å². The van der Waals surface area contributed by atoms with Crippen molar-refractivity contribution < 1.29 is 9.84 Å². The third-order valence-electron chi connectivity index (χ3n) is 4.55. The van der Waals surface area contributed by atoms with Crippen LogP contribution in [0.5, 0.6) is 11.5 Å². The minimum absolute atomic E-state index is 0.0706. The molecule has 2 aromatic carbocycles. The van der Waals surface area contributed by atoms with Crippen molar-refractivity contribution in [1.82, 2.24) is 19.7 Å². The minimum atomic E-state index is -0.0706. The first-order chi connectivity index (χ1) is 14.8. The van der Waals surface area contributed by atoms with Crippen molar-refractivity contribution in [3.63, 3.8) is 0 Å². The minimum Gasteiger partial charge on any atom is -0.507 e. The molecule has 0 saturated heterocycles. The lowest BCUT2D eigenvalue weighted by Crippen LogP contribution is -2.12. The Kier molecular flexibility index (Phi) is 6.09. The Morgan fingerprint density at radius 2 is 1.84 bits per heavy atom. The highest BCUT2D eigenvalue weighted by molar-refractivity contribution is 9.11. The normalized spacial score (nSPS) is 11.6. The SMILES string of the molecule is COc1ccc(O)c(-c2nnc(Sc3nc(C(C)(C)C)c(Br)s3)n2-c2ccccc2)c1. The van der Waals surface area contributed by atoms with Gasteiger partial charge in [0.15, 0.2) is 10.2 Å². The molecule has 0 saturated carbocycles. The summed E-state index contributed by atoms with van der Waals surface area (Å²) < 4.78 is 9.14. The summed E-state index contributed by atoms with van der Waals surface area (Å²) in [7, 11) is 1.59. The maximum atomic E-state index is 10.5. The van der Waals surface area contributed by atoms with E-state index in [-0.39, 0.29) is 11.2 Å². The van der Waals surface area contributed by atoms with Gasteiger partial charge in [0.05, 0.1) is 22.2 Å². The summed E-state index contributed by atoms with van der Waals surface area (Å²) in [5.74, 6) is 1.26. The van der Waals surface area contributed by atoms with Gasteiger partial charge in [-0.3, -0.25) is 4.57 Å². The first-order valence-corrected chi connectivity index (χ1v) is 11.9. The van der Waals surface area contributed by atoms with E-state index < -0.39 is 0 Å². The van der Waals surface area contributed by atoms with Gasteiger partial charge < -0.3 is 9.84 Å². The number of ether oxygens (including phenoxy) is 1. The number of methoxy groups -OCH3 is 1. The van der Waals surface area contributed by atoms with Crippen molar-refractivity contribution in [2.75, 3.05) is 7.11 Å². The van der Waals surface area contributed by atoms with E-state index in [1.165, 1.54) is 11.8 Å². The summed E-state index contributed by atoms with van der Waals surface area (Å²) in [5, 5.41) is 20.0. The number of hydrogen-bond acceptors (Lipinski definition) is 7. The number of halogens is 1. The van der Waals surface area contributed by atoms with Gasteiger partial charge in [0.2, 0.25) is 5.16 Å². The largest absolute Gasteiger partial charge is 0.507 e. The van der Waals surface area contributed by atoms with E-state index in [1.807, 2.05) is 34.9 Å². The molecule has 1 N–H and O–H groups in total. The fourth-order valence-electron chi connectivity index (χ4n) is 3.01. The number of benzene rings is 2. The summed E-state index contributed by atoms with van der Waals surface area (Å²) in [6, 6.07) is 14.9. The van der Waals surface area contributed by atoms with Gasteiger partial charge in [-0.25, -0.2) is 4.98 Å². The first kappa shape index (κ1) is 21.9. The monoisotopic (exact) mass is 516 g/mol. The highest BCUT2D eigenvalue weighted by Crippen LogP contribution is 2.41. The van der Waals surface area contributed by atoms with Gasteiger partial charge >= 0.3 is 0 Å². The van der Waals surface area contributed by atoms with Crippen molar-refractivity contribution in [3.8, 4) is 28.6 Å². The number of phenolic OH excluding ortho intramolecular Hbond substituents is 1. The number of thiazole rings is 1. The molecule has 6 nitrogen and oxygen atoms in total. The lowest BCUT2D eigenvalue weighted by Gasteiger charge is -2.15. The van der Waals surface area contributed by atoms with Crippen LogP contribution in [0, 0.1) is 0 Å². The standard InChI is InChI=1S/C22H21BrN4O2S2/c1-22(2,3)17-18(23)30-21(24-17)31-20-26-25-19(27(20)13-8-6-5-7-9-13)15-12-14(29-4)10-11-16(15)28/h5-12,28H,1-4H3. The zero-order valence-electron chi connectivity index (χ0n) is 17.5. The molecule has 0 fully saturated rings. The average molecular weight is 517 g/mol. The number of para-hydroxylation sites is 1. The quantitative estimate of drug-likeness (QED) is 0.334. The van der Waals surface area contributed by atoms with Crippen molar-refractivity contribution in [3.05, 3.63) is 58.0 Å². The maximum Gasteiger partial charge on any atom is 0.203 e. The molecule has 0 aliphatic rings. The first-order valence-electron chi connectivity index (χ1n) is 9.51. The van der Waals surface area contributed by atoms with Gasteiger partial charge in [0, 0.05) is 11.1 Å². The Morgan fingerprint density at radius 3 is 2.48 bits per heavy atom. The van der Waals surface area contributed by atoms with Crippen LogP contribution < -0.4 is 4.74 Å². The molecule has 0 unspecified atom stereocenters. The molecule has 0 aliphatic heterocycles. The lowest BCUT2D eigenvalue weighted by molar-refractivity contribution is 0.412. The van der Waals surface area contributed by atoms with Crippen molar-refractivity contribution in [2.24, 2.45) is 0 Å². The van der Waals surface area contributed by atoms with Gasteiger partial charge in [0.1, 0.15) is 11.5 Å². The van der Waals surface area contributed by atoms with E-state index >= 15 is 0 Å². The van der Waals surface area contributed by atoms with Crippen molar-refractivity contribution in [1.29, 1.82) is 0 Å². The van der Waals surface area contributed by atoms with Crippen LogP contribution >= 0.6 is 39.0 Å². The number of hydrogen-bond donors (Lipinski definition) is 1. The molecule has 4 aromatic rings. The summed E-state index contributed by atoms with van der Waals surface area (Å²) in [4.78, 5) is 4.82. The van der Waals surface area contributed by atoms with Crippen LogP contribution in [0.25, 0.3) is 17.1 Å². The summed E-state index contributed by atoms with van der Waals surface area (Å²) in [5.41, 5.74) is 2.37. The van der Waals surface area contributed by atoms with Crippen LogP contribution in [0.1, 0.15) is 26.5 Å². The molecule has 0 radical (unpaired) electrons. The topological polar surface area (TPSA) is 73.1 Å². The second-order valence-electron chi connectivity index (χ2n) is 7.81. The van der Waals surface area contributed by atoms with Gasteiger partial charge in [-0.05, 0) is 58.0 Å². The molecule has 31 heavy (non-hydrogen) atoms. The van der Waals surface area contributed by atoms with E-state index in [0.717, 1.165) is 19.5 Å². The predicted octanol–water partition coefficient (Wildman–Crippen LogP) is 6.32. The van der Waals surface area contributed by atoms with Crippen molar-refractivity contribution in [2.45, 2.75) is 35.7 Å². The molecule has 0 spiro atoms. The number of rotatable bonds is 5. The van der Waals surface area contributed by atoms with E-state index in [2.05, 4.69) is 46.9 Å². The molecule has 160 valence electrons. The van der Waals surface area contributed by atoms with Crippen molar-refractivity contribution >= 4 is 39.0 Å². The summed E-state index contributed by atoms with van der Waals surface area (Å²) in [6.07, 6.45) is 0. The molecule has 2 heterocycles. The van der Waals surface area contributed by atoms with E-state index in [9.17, 15) is 5.11 Å². The van der Waals surface area contributed by atoms with Crippen LogP contribution in [0.4, 0.5) is 0 Å². The van der Waals surface area contributed by atoms with Crippen LogP contribution in [0.3, 0.4) is 0 Å². The Labute approximate surface area is 197 Å². The van der Waals surface area contributed by atoms with Crippen LogP contribution in [0.2, 0.25) is 0 Å². The third-order valence-corrected chi connectivity index (χ3v) is 7.26.